The van der Waals surface area contributed by atoms with E-state index in [-0.39, 0.29) is 12.2 Å². The number of anilines is 1. The van der Waals surface area contributed by atoms with Crippen LogP contribution in [0.2, 0.25) is 10.0 Å². The van der Waals surface area contributed by atoms with Crippen molar-refractivity contribution in [2.45, 2.75) is 27.4 Å². The number of aryl methyl sites for hydroxylation is 2. The molecule has 1 aliphatic heterocycles. The Hall–Kier alpha value is -3.81. The van der Waals surface area contributed by atoms with Gasteiger partial charge in [0.15, 0.2) is 11.5 Å². The molecule has 37 heavy (non-hydrogen) atoms. The SMILES string of the molecule is CCOc1cc(/C=C2\C(=O)NC(=O)N(c3ccc(C)c(C)c3)C2=O)ccc1OCc1c(Cl)cccc1Cl. The summed E-state index contributed by atoms with van der Waals surface area (Å²) in [5.41, 5.74) is 3.27. The molecule has 0 atom stereocenters. The predicted molar refractivity (Wildman–Crippen MR) is 143 cm³/mol. The van der Waals surface area contributed by atoms with Crippen molar-refractivity contribution in [1.29, 1.82) is 0 Å². The van der Waals surface area contributed by atoms with E-state index in [1.165, 1.54) is 6.08 Å². The van der Waals surface area contributed by atoms with E-state index < -0.39 is 17.8 Å². The first kappa shape index (κ1) is 26.3. The summed E-state index contributed by atoms with van der Waals surface area (Å²) in [6, 6.07) is 14.6. The van der Waals surface area contributed by atoms with Crippen LogP contribution >= 0.6 is 23.2 Å². The molecule has 4 rings (SSSR count). The van der Waals surface area contributed by atoms with Crippen LogP contribution in [0.5, 0.6) is 11.5 Å². The predicted octanol–water partition coefficient (Wildman–Crippen LogP) is 6.25. The highest BCUT2D eigenvalue weighted by Gasteiger charge is 2.37. The van der Waals surface area contributed by atoms with E-state index >= 15 is 0 Å². The van der Waals surface area contributed by atoms with Gasteiger partial charge in [0.05, 0.1) is 12.3 Å². The maximum absolute atomic E-state index is 13.2. The van der Waals surface area contributed by atoms with Crippen molar-refractivity contribution in [2.75, 3.05) is 11.5 Å². The lowest BCUT2D eigenvalue weighted by atomic mass is 10.0. The summed E-state index contributed by atoms with van der Waals surface area (Å²) in [7, 11) is 0. The molecular weight excluding hydrogens is 515 g/mol. The number of rotatable bonds is 7. The number of hydrogen-bond donors (Lipinski definition) is 1. The van der Waals surface area contributed by atoms with E-state index in [1.54, 1.807) is 48.5 Å². The average molecular weight is 539 g/mol. The Balaban J connectivity index is 1.63. The molecule has 7 nitrogen and oxygen atoms in total. The largest absolute Gasteiger partial charge is 0.490 e. The van der Waals surface area contributed by atoms with Gasteiger partial charge in [-0.05, 0) is 79.9 Å². The van der Waals surface area contributed by atoms with Crippen LogP contribution < -0.4 is 19.7 Å². The highest BCUT2D eigenvalue weighted by molar-refractivity contribution is 6.39. The zero-order chi connectivity index (χ0) is 26.7. The fourth-order valence-electron chi connectivity index (χ4n) is 3.75. The maximum atomic E-state index is 13.2. The first-order chi connectivity index (χ1) is 17.7. The van der Waals surface area contributed by atoms with Gasteiger partial charge in [-0.15, -0.1) is 0 Å². The van der Waals surface area contributed by atoms with Crippen LogP contribution in [0.1, 0.15) is 29.2 Å². The number of ether oxygens (including phenoxy) is 2. The van der Waals surface area contributed by atoms with Gasteiger partial charge in [-0.25, -0.2) is 9.69 Å². The van der Waals surface area contributed by atoms with Crippen LogP contribution in [0, 0.1) is 13.8 Å². The van der Waals surface area contributed by atoms with Crippen molar-refractivity contribution in [3.8, 4) is 11.5 Å². The van der Waals surface area contributed by atoms with Crippen molar-refractivity contribution in [2.24, 2.45) is 0 Å². The normalized spacial score (nSPS) is 14.7. The minimum atomic E-state index is -0.799. The summed E-state index contributed by atoms with van der Waals surface area (Å²) in [5, 5.41) is 3.21. The molecule has 0 aromatic heterocycles. The highest BCUT2D eigenvalue weighted by atomic mass is 35.5. The number of nitrogens with zero attached hydrogens (tertiary/aromatic N) is 1. The number of urea groups is 1. The maximum Gasteiger partial charge on any atom is 0.335 e. The topological polar surface area (TPSA) is 84.9 Å². The van der Waals surface area contributed by atoms with Gasteiger partial charge in [0.2, 0.25) is 0 Å². The molecule has 3 aromatic rings. The standard InChI is InChI=1S/C28H24Cl2N2O5/c1-4-36-25-14-18(9-11-24(25)37-15-21-22(29)6-5-7-23(21)30)13-20-26(33)31-28(35)32(27(20)34)19-10-8-16(2)17(3)12-19/h5-14H,4,15H2,1-3H3,(H,31,33,35)/b20-13+. The number of carbonyl (C=O) groups excluding carboxylic acids is 3. The van der Waals surface area contributed by atoms with Crippen LogP contribution in [0.3, 0.4) is 0 Å². The Morgan fingerprint density at radius 2 is 1.62 bits per heavy atom. The zero-order valence-electron chi connectivity index (χ0n) is 20.4. The molecule has 0 saturated carbocycles. The second-order valence-corrected chi connectivity index (χ2v) is 9.17. The van der Waals surface area contributed by atoms with Gasteiger partial charge in [0.25, 0.3) is 11.8 Å². The summed E-state index contributed by atoms with van der Waals surface area (Å²) in [6.45, 7) is 6.11. The van der Waals surface area contributed by atoms with Gasteiger partial charge in [0.1, 0.15) is 12.2 Å². The molecule has 1 saturated heterocycles. The molecule has 1 N–H and O–H groups in total. The fraction of sp³-hybridized carbons (Fsp3) is 0.179. The summed E-state index contributed by atoms with van der Waals surface area (Å²) in [5.74, 6) is -0.650. The molecule has 4 amide bonds. The molecule has 0 unspecified atom stereocenters. The van der Waals surface area contributed by atoms with E-state index in [2.05, 4.69) is 5.32 Å². The number of hydrogen-bond acceptors (Lipinski definition) is 5. The molecule has 0 aliphatic carbocycles. The number of barbiturate groups is 1. The van der Waals surface area contributed by atoms with Crippen LogP contribution in [0.4, 0.5) is 10.5 Å². The lowest BCUT2D eigenvalue weighted by molar-refractivity contribution is -0.122. The molecule has 1 fully saturated rings. The Bertz CT molecular complexity index is 1410. The van der Waals surface area contributed by atoms with E-state index in [0.29, 0.717) is 45.0 Å². The molecule has 1 heterocycles. The third kappa shape index (κ3) is 5.63. The number of carbonyl (C=O) groups is 3. The molecular formula is C28H24Cl2N2O5. The van der Waals surface area contributed by atoms with Gasteiger partial charge < -0.3 is 9.47 Å². The average Bonchev–Trinajstić information content (AvgIpc) is 2.85. The summed E-state index contributed by atoms with van der Waals surface area (Å²) < 4.78 is 11.7. The van der Waals surface area contributed by atoms with Crippen molar-refractivity contribution in [3.63, 3.8) is 0 Å². The van der Waals surface area contributed by atoms with Gasteiger partial charge >= 0.3 is 6.03 Å². The zero-order valence-corrected chi connectivity index (χ0v) is 21.9. The molecule has 0 spiro atoms. The quantitative estimate of drug-likeness (QED) is 0.283. The van der Waals surface area contributed by atoms with Gasteiger partial charge in [-0.2, -0.15) is 0 Å². The fourth-order valence-corrected chi connectivity index (χ4v) is 4.25. The number of imide groups is 2. The molecule has 0 bridgehead atoms. The van der Waals surface area contributed by atoms with E-state index in [4.69, 9.17) is 32.7 Å². The number of halogens is 2. The summed E-state index contributed by atoms with van der Waals surface area (Å²) >= 11 is 12.5. The first-order valence-electron chi connectivity index (χ1n) is 11.5. The molecule has 3 aromatic carbocycles. The van der Waals surface area contributed by atoms with E-state index in [9.17, 15) is 14.4 Å². The molecule has 9 heteroatoms. The summed E-state index contributed by atoms with van der Waals surface area (Å²) in [4.78, 5) is 39.3. The Morgan fingerprint density at radius 1 is 0.892 bits per heavy atom. The van der Waals surface area contributed by atoms with Crippen molar-refractivity contribution >= 4 is 52.8 Å². The number of nitrogens with one attached hydrogen (secondary N) is 1. The molecule has 1 aliphatic rings. The Labute approximate surface area is 224 Å². The van der Waals surface area contributed by atoms with Gasteiger partial charge in [-0.3, -0.25) is 14.9 Å². The molecule has 0 radical (unpaired) electrons. The van der Waals surface area contributed by atoms with Crippen molar-refractivity contribution in [3.05, 3.63) is 92.5 Å². The minimum Gasteiger partial charge on any atom is -0.490 e. The Morgan fingerprint density at radius 3 is 2.30 bits per heavy atom. The second kappa shape index (κ2) is 11.1. The van der Waals surface area contributed by atoms with Gasteiger partial charge in [0, 0.05) is 15.6 Å². The van der Waals surface area contributed by atoms with Crippen LogP contribution in [0.15, 0.2) is 60.2 Å². The van der Waals surface area contributed by atoms with Crippen LogP contribution in [0.25, 0.3) is 6.08 Å². The van der Waals surface area contributed by atoms with Crippen molar-refractivity contribution in [1.82, 2.24) is 5.32 Å². The van der Waals surface area contributed by atoms with Crippen molar-refractivity contribution < 1.29 is 23.9 Å². The Kier molecular flexibility index (Phi) is 7.86. The monoisotopic (exact) mass is 538 g/mol. The second-order valence-electron chi connectivity index (χ2n) is 8.35. The lowest BCUT2D eigenvalue weighted by Gasteiger charge is -2.27. The summed E-state index contributed by atoms with van der Waals surface area (Å²) in [6.07, 6.45) is 1.41. The number of benzene rings is 3. The minimum absolute atomic E-state index is 0.118. The number of amides is 4. The van der Waals surface area contributed by atoms with Crippen LogP contribution in [-0.4, -0.2) is 24.5 Å². The molecule has 190 valence electrons. The van der Waals surface area contributed by atoms with Crippen LogP contribution in [-0.2, 0) is 16.2 Å². The first-order valence-corrected chi connectivity index (χ1v) is 12.3. The van der Waals surface area contributed by atoms with E-state index in [0.717, 1.165) is 16.0 Å². The van der Waals surface area contributed by atoms with E-state index in [1.807, 2.05) is 26.8 Å². The third-order valence-corrected chi connectivity index (χ3v) is 6.57. The smallest absolute Gasteiger partial charge is 0.335 e. The van der Waals surface area contributed by atoms with Gasteiger partial charge in [-0.1, -0.05) is 41.4 Å². The lowest BCUT2D eigenvalue weighted by Crippen LogP contribution is -2.54. The third-order valence-electron chi connectivity index (χ3n) is 5.86. The highest BCUT2D eigenvalue weighted by Crippen LogP contribution is 2.33.